The Morgan fingerprint density at radius 1 is 1.10 bits per heavy atom. The van der Waals surface area contributed by atoms with Crippen molar-refractivity contribution in [2.45, 2.75) is 64.8 Å². The molecule has 0 saturated carbocycles. The van der Waals surface area contributed by atoms with E-state index in [0.29, 0.717) is 30.8 Å². The molecule has 2 aliphatic rings. The first-order valence-electron chi connectivity index (χ1n) is 13.3. The summed E-state index contributed by atoms with van der Waals surface area (Å²) in [7, 11) is 0. The van der Waals surface area contributed by atoms with Gasteiger partial charge in [0.05, 0.1) is 22.9 Å². The third-order valence-electron chi connectivity index (χ3n) is 7.34. The first kappa shape index (κ1) is 35.6. The average Bonchev–Trinajstić information content (AvgIpc) is 3.06. The van der Waals surface area contributed by atoms with E-state index >= 15 is 0 Å². The molecule has 0 unspecified atom stereocenters. The number of carbonyl (C=O) groups excluding carboxylic acids is 1. The van der Waals surface area contributed by atoms with E-state index in [1.54, 1.807) is 24.8 Å². The zero-order valence-corrected chi connectivity index (χ0v) is 26.6. The minimum atomic E-state index is -4.76. The van der Waals surface area contributed by atoms with Crippen molar-refractivity contribution in [3.05, 3.63) is 53.1 Å². The van der Waals surface area contributed by atoms with Gasteiger partial charge in [-0.05, 0) is 88.3 Å². The standard InChI is InChI=1S/C29H34F3N5O2S.2ClH/c1-6-20-13-23(9-10-25(20)39-12-11-35-16-18(2)34-19(3)17-35)37-27(40)36(26(38)28(37,4)5)22-8-7-21(15-33)24(14-22)29(30,31)32;;/h7-10,13-14,18-19,34H,6,11-12,16-17H2,1-5H3;2*1H/t18-,19-;;/m1../s1. The number of benzene rings is 2. The van der Waals surface area contributed by atoms with Crippen LogP contribution in [0.25, 0.3) is 0 Å². The number of piperazine rings is 1. The summed E-state index contributed by atoms with van der Waals surface area (Å²) in [6.07, 6.45) is -4.08. The van der Waals surface area contributed by atoms with Crippen LogP contribution in [-0.2, 0) is 17.4 Å². The van der Waals surface area contributed by atoms with Gasteiger partial charge in [0.25, 0.3) is 5.91 Å². The van der Waals surface area contributed by atoms with Gasteiger partial charge in [0, 0.05) is 37.4 Å². The molecule has 2 aromatic carbocycles. The first-order valence-corrected chi connectivity index (χ1v) is 13.7. The molecule has 2 heterocycles. The van der Waals surface area contributed by atoms with Crippen LogP contribution in [0.3, 0.4) is 0 Å². The van der Waals surface area contributed by atoms with E-state index in [0.717, 1.165) is 48.0 Å². The fourth-order valence-electron chi connectivity index (χ4n) is 5.49. The lowest BCUT2D eigenvalue weighted by molar-refractivity contribution is -0.137. The smallest absolute Gasteiger partial charge is 0.417 e. The number of hydrogen-bond acceptors (Lipinski definition) is 6. The van der Waals surface area contributed by atoms with Gasteiger partial charge in [0.2, 0.25) is 0 Å². The monoisotopic (exact) mass is 645 g/mol. The summed E-state index contributed by atoms with van der Waals surface area (Å²) in [5.41, 5.74) is -1.25. The van der Waals surface area contributed by atoms with Crippen molar-refractivity contribution in [2.24, 2.45) is 0 Å². The largest absolute Gasteiger partial charge is 0.492 e. The van der Waals surface area contributed by atoms with Crippen LogP contribution in [0.1, 0.15) is 51.3 Å². The molecule has 0 aliphatic carbocycles. The lowest BCUT2D eigenvalue weighted by Gasteiger charge is -2.36. The number of carbonyl (C=O) groups is 1. The molecular weight excluding hydrogens is 610 g/mol. The lowest BCUT2D eigenvalue weighted by Crippen LogP contribution is -2.54. The number of nitriles is 1. The Morgan fingerprint density at radius 3 is 2.29 bits per heavy atom. The van der Waals surface area contributed by atoms with E-state index in [4.69, 9.17) is 22.2 Å². The molecule has 0 bridgehead atoms. The molecule has 0 aromatic heterocycles. The van der Waals surface area contributed by atoms with E-state index in [2.05, 4.69) is 24.1 Å². The number of ether oxygens (including phenoxy) is 1. The van der Waals surface area contributed by atoms with E-state index in [-0.39, 0.29) is 35.6 Å². The number of anilines is 2. The number of rotatable bonds is 7. The molecule has 2 fully saturated rings. The number of amides is 1. The second kappa shape index (κ2) is 13.8. The van der Waals surface area contributed by atoms with Gasteiger partial charge in [0.1, 0.15) is 17.9 Å². The second-order valence-corrected chi connectivity index (χ2v) is 11.2. The summed E-state index contributed by atoms with van der Waals surface area (Å²) in [5.74, 6) is 0.281. The van der Waals surface area contributed by atoms with Crippen molar-refractivity contribution in [1.29, 1.82) is 5.26 Å². The predicted molar refractivity (Wildman–Crippen MR) is 167 cm³/mol. The highest BCUT2D eigenvalue weighted by Crippen LogP contribution is 2.40. The molecule has 2 atom stereocenters. The highest BCUT2D eigenvalue weighted by molar-refractivity contribution is 7.81. The molecule has 4 rings (SSSR count). The third-order valence-corrected chi connectivity index (χ3v) is 7.70. The fourth-order valence-corrected chi connectivity index (χ4v) is 6.01. The van der Waals surface area contributed by atoms with Crippen molar-refractivity contribution in [1.82, 2.24) is 10.2 Å². The fraction of sp³-hybridized carbons (Fsp3) is 0.483. The van der Waals surface area contributed by atoms with Crippen LogP contribution in [0.4, 0.5) is 24.5 Å². The molecule has 42 heavy (non-hydrogen) atoms. The number of nitrogens with one attached hydrogen (secondary N) is 1. The molecule has 1 amide bonds. The van der Waals surface area contributed by atoms with Crippen LogP contribution in [0, 0.1) is 11.3 Å². The summed E-state index contributed by atoms with van der Waals surface area (Å²) in [6.45, 7) is 13.0. The molecule has 0 spiro atoms. The SMILES string of the molecule is CCc1cc(N2C(=S)N(c3ccc(C#N)c(C(F)(F)F)c3)C(=O)C2(C)C)ccc1OCCN1C[C@@H](C)N[C@H](C)C1.Cl.Cl. The highest BCUT2D eigenvalue weighted by Gasteiger charge is 2.50. The molecule has 13 heteroatoms. The van der Waals surface area contributed by atoms with Crippen LogP contribution in [0.15, 0.2) is 36.4 Å². The van der Waals surface area contributed by atoms with Gasteiger partial charge >= 0.3 is 6.18 Å². The quantitative estimate of drug-likeness (QED) is 0.373. The molecule has 0 radical (unpaired) electrons. The maximum Gasteiger partial charge on any atom is 0.417 e. The van der Waals surface area contributed by atoms with Crippen molar-refractivity contribution in [3.8, 4) is 11.8 Å². The van der Waals surface area contributed by atoms with E-state index < -0.39 is 28.7 Å². The molecule has 2 aromatic rings. The van der Waals surface area contributed by atoms with Crippen LogP contribution in [0.5, 0.6) is 5.75 Å². The van der Waals surface area contributed by atoms with E-state index in [1.807, 2.05) is 25.1 Å². The van der Waals surface area contributed by atoms with Gasteiger partial charge in [-0.3, -0.25) is 14.6 Å². The topological polar surface area (TPSA) is 71.8 Å². The van der Waals surface area contributed by atoms with Gasteiger partial charge in [0.15, 0.2) is 5.11 Å². The first-order chi connectivity index (χ1) is 18.8. The third kappa shape index (κ3) is 7.12. The summed E-state index contributed by atoms with van der Waals surface area (Å²) in [5, 5.41) is 12.7. The Kier molecular flexibility index (Phi) is 11.7. The summed E-state index contributed by atoms with van der Waals surface area (Å²) in [6, 6.07) is 11.2. The second-order valence-electron chi connectivity index (χ2n) is 10.9. The molecule has 2 aliphatic heterocycles. The molecule has 1 N–H and O–H groups in total. The van der Waals surface area contributed by atoms with Crippen molar-refractivity contribution < 1.29 is 22.7 Å². The lowest BCUT2D eigenvalue weighted by atomic mass is 10.0. The Morgan fingerprint density at radius 2 is 1.71 bits per heavy atom. The number of alkyl halides is 3. The van der Waals surface area contributed by atoms with E-state index in [9.17, 15) is 18.0 Å². The van der Waals surface area contributed by atoms with Gasteiger partial charge < -0.3 is 15.0 Å². The molecule has 230 valence electrons. The van der Waals surface area contributed by atoms with Crippen LogP contribution in [-0.4, -0.2) is 59.8 Å². The van der Waals surface area contributed by atoms with Crippen LogP contribution in [0.2, 0.25) is 0 Å². The summed E-state index contributed by atoms with van der Waals surface area (Å²) >= 11 is 5.67. The molecular formula is C29H36Cl2F3N5O2S. The van der Waals surface area contributed by atoms with Crippen molar-refractivity contribution >= 4 is 59.4 Å². The van der Waals surface area contributed by atoms with Gasteiger partial charge in [-0.15, -0.1) is 24.8 Å². The van der Waals surface area contributed by atoms with Gasteiger partial charge in [-0.25, -0.2) is 0 Å². The van der Waals surface area contributed by atoms with Gasteiger partial charge in [-0.2, -0.15) is 18.4 Å². The Balaban J connectivity index is 0.00000308. The number of halogens is 5. The summed E-state index contributed by atoms with van der Waals surface area (Å²) in [4.78, 5) is 18.7. The van der Waals surface area contributed by atoms with Gasteiger partial charge in [-0.1, -0.05) is 6.92 Å². The highest BCUT2D eigenvalue weighted by atomic mass is 35.5. The average molecular weight is 647 g/mol. The number of aryl methyl sites for hydroxylation is 1. The number of hydrogen-bond donors (Lipinski definition) is 1. The molecule has 2 saturated heterocycles. The Bertz CT molecular complexity index is 1340. The summed E-state index contributed by atoms with van der Waals surface area (Å²) < 4.78 is 47.0. The number of nitrogens with zero attached hydrogens (tertiary/aromatic N) is 4. The van der Waals surface area contributed by atoms with Crippen molar-refractivity contribution in [2.75, 3.05) is 36.0 Å². The minimum Gasteiger partial charge on any atom is -0.492 e. The van der Waals surface area contributed by atoms with E-state index in [1.165, 1.54) is 6.07 Å². The zero-order chi connectivity index (χ0) is 29.4. The van der Waals surface area contributed by atoms with Crippen molar-refractivity contribution in [3.63, 3.8) is 0 Å². The maximum atomic E-state index is 13.6. The zero-order valence-electron chi connectivity index (χ0n) is 24.1. The normalized spacial score (nSPS) is 20.5. The maximum absolute atomic E-state index is 13.6. The minimum absolute atomic E-state index is 0. The Hall–Kier alpha value is -2.62. The number of thiocarbonyl (C=S) groups is 1. The van der Waals surface area contributed by atoms with Crippen LogP contribution >= 0.6 is 37.0 Å². The predicted octanol–water partition coefficient (Wildman–Crippen LogP) is 5.96. The molecule has 7 nitrogen and oxygen atoms in total. The van der Waals surface area contributed by atoms with Crippen LogP contribution < -0.4 is 19.9 Å². The Labute approximate surface area is 262 Å².